The fourth-order valence-electron chi connectivity index (χ4n) is 3.36. The van der Waals surface area contributed by atoms with Crippen molar-refractivity contribution in [2.45, 2.75) is 25.9 Å². The number of hydrogen-bond acceptors (Lipinski definition) is 4. The first-order valence-electron chi connectivity index (χ1n) is 7.23. The van der Waals surface area contributed by atoms with Crippen LogP contribution in [0, 0.1) is 5.41 Å². The first-order valence-corrected chi connectivity index (χ1v) is 7.23. The average Bonchev–Trinajstić information content (AvgIpc) is 3.12. The smallest absolute Gasteiger partial charge is 0.0658 e. The molecule has 0 amide bonds. The van der Waals surface area contributed by atoms with Gasteiger partial charge in [0.1, 0.15) is 0 Å². The van der Waals surface area contributed by atoms with Crippen molar-refractivity contribution >= 4 is 0 Å². The Morgan fingerprint density at radius 2 is 2.42 bits per heavy atom. The molecule has 19 heavy (non-hydrogen) atoms. The van der Waals surface area contributed by atoms with Crippen molar-refractivity contribution in [1.29, 1.82) is 0 Å². The maximum atomic E-state index is 5.07. The molecule has 5 heteroatoms. The van der Waals surface area contributed by atoms with Crippen molar-refractivity contribution in [2.24, 2.45) is 5.41 Å². The van der Waals surface area contributed by atoms with Gasteiger partial charge in [0, 0.05) is 38.5 Å². The van der Waals surface area contributed by atoms with Gasteiger partial charge < -0.3 is 10.1 Å². The third-order valence-corrected chi connectivity index (χ3v) is 4.47. The molecule has 5 nitrogen and oxygen atoms in total. The number of nitrogens with one attached hydrogen (secondary N) is 1. The normalized spacial score (nSPS) is 27.6. The van der Waals surface area contributed by atoms with Crippen LogP contribution in [0.3, 0.4) is 0 Å². The van der Waals surface area contributed by atoms with E-state index < -0.39 is 0 Å². The van der Waals surface area contributed by atoms with Gasteiger partial charge in [0.2, 0.25) is 0 Å². The second kappa shape index (κ2) is 5.61. The van der Waals surface area contributed by atoms with Gasteiger partial charge >= 0.3 is 0 Å². The summed E-state index contributed by atoms with van der Waals surface area (Å²) in [7, 11) is 1.73. The number of ether oxygens (including phenoxy) is 1. The molecule has 3 rings (SSSR count). The van der Waals surface area contributed by atoms with Gasteiger partial charge in [-0.3, -0.25) is 9.58 Å². The van der Waals surface area contributed by atoms with Crippen LogP contribution in [0.15, 0.2) is 12.4 Å². The first-order chi connectivity index (χ1) is 9.30. The fraction of sp³-hybridized carbons (Fsp3) is 0.786. The summed E-state index contributed by atoms with van der Waals surface area (Å²) in [6, 6.07) is 0. The summed E-state index contributed by atoms with van der Waals surface area (Å²) in [6.45, 7) is 7.46. The van der Waals surface area contributed by atoms with E-state index in [1.54, 1.807) is 7.11 Å². The van der Waals surface area contributed by atoms with Crippen LogP contribution in [-0.2, 0) is 17.8 Å². The number of nitrogens with zero attached hydrogens (tertiary/aromatic N) is 3. The second-order valence-corrected chi connectivity index (χ2v) is 5.99. The van der Waals surface area contributed by atoms with Gasteiger partial charge in [-0.05, 0) is 31.3 Å². The third-order valence-electron chi connectivity index (χ3n) is 4.47. The molecule has 1 aromatic rings. The Bertz CT molecular complexity index is 411. The highest BCUT2D eigenvalue weighted by atomic mass is 16.5. The van der Waals surface area contributed by atoms with Gasteiger partial charge in [-0.25, -0.2) is 0 Å². The molecule has 1 spiro atoms. The third kappa shape index (κ3) is 2.99. The Labute approximate surface area is 114 Å². The maximum Gasteiger partial charge on any atom is 0.0658 e. The molecule has 106 valence electrons. The molecule has 2 aliphatic rings. The standard InChI is InChI=1S/C14H24N4O/c1-19-7-6-18-10-13(8-16-18)9-17-5-3-14(12-17)2-4-15-11-14/h8,10,15H,2-7,9,11-12H2,1H3. The van der Waals surface area contributed by atoms with E-state index in [9.17, 15) is 0 Å². The van der Waals surface area contributed by atoms with E-state index >= 15 is 0 Å². The molecule has 2 saturated heterocycles. The van der Waals surface area contributed by atoms with Gasteiger partial charge in [-0.2, -0.15) is 5.10 Å². The number of hydrogen-bond donors (Lipinski definition) is 1. The Hall–Kier alpha value is -0.910. The van der Waals surface area contributed by atoms with Gasteiger partial charge in [0.25, 0.3) is 0 Å². The highest BCUT2D eigenvalue weighted by Crippen LogP contribution is 2.36. The van der Waals surface area contributed by atoms with Crippen molar-refractivity contribution < 1.29 is 4.74 Å². The molecule has 2 fully saturated rings. The van der Waals surface area contributed by atoms with Crippen LogP contribution in [0.4, 0.5) is 0 Å². The SMILES string of the molecule is COCCn1cc(CN2CCC3(CCNC3)C2)cn1. The van der Waals surface area contributed by atoms with Crippen molar-refractivity contribution in [3.05, 3.63) is 18.0 Å². The summed E-state index contributed by atoms with van der Waals surface area (Å²) in [4.78, 5) is 2.57. The Morgan fingerprint density at radius 3 is 3.21 bits per heavy atom. The number of likely N-dealkylation sites (tertiary alicyclic amines) is 1. The van der Waals surface area contributed by atoms with E-state index in [0.717, 1.165) is 19.7 Å². The molecule has 0 saturated carbocycles. The zero-order valence-electron chi connectivity index (χ0n) is 11.8. The molecule has 1 N–H and O–H groups in total. The highest BCUT2D eigenvalue weighted by Gasteiger charge is 2.40. The molecule has 3 heterocycles. The highest BCUT2D eigenvalue weighted by molar-refractivity contribution is 5.05. The summed E-state index contributed by atoms with van der Waals surface area (Å²) in [5, 5.41) is 7.89. The molecule has 2 aliphatic heterocycles. The molecule has 1 unspecified atom stereocenters. The molecule has 0 aliphatic carbocycles. The Kier molecular flexibility index (Phi) is 3.86. The Morgan fingerprint density at radius 1 is 1.47 bits per heavy atom. The molecular weight excluding hydrogens is 240 g/mol. The Balaban J connectivity index is 1.53. The van der Waals surface area contributed by atoms with E-state index in [1.807, 2.05) is 10.9 Å². The van der Waals surface area contributed by atoms with Gasteiger partial charge in [0.05, 0.1) is 19.3 Å². The number of methoxy groups -OCH3 is 1. The predicted molar refractivity (Wildman–Crippen MR) is 73.9 cm³/mol. The summed E-state index contributed by atoms with van der Waals surface area (Å²) in [5.41, 5.74) is 1.88. The summed E-state index contributed by atoms with van der Waals surface area (Å²) >= 11 is 0. The maximum absolute atomic E-state index is 5.07. The zero-order valence-corrected chi connectivity index (χ0v) is 11.8. The van der Waals surface area contributed by atoms with Crippen LogP contribution in [0.2, 0.25) is 0 Å². The van der Waals surface area contributed by atoms with Gasteiger partial charge in [0.15, 0.2) is 0 Å². The summed E-state index contributed by atoms with van der Waals surface area (Å²) < 4.78 is 7.05. The van der Waals surface area contributed by atoms with Crippen molar-refractivity contribution in [3.63, 3.8) is 0 Å². The average molecular weight is 264 g/mol. The van der Waals surface area contributed by atoms with Crippen LogP contribution in [0.5, 0.6) is 0 Å². The van der Waals surface area contributed by atoms with E-state index in [1.165, 1.54) is 44.6 Å². The van der Waals surface area contributed by atoms with E-state index in [2.05, 4.69) is 21.5 Å². The minimum absolute atomic E-state index is 0.562. The second-order valence-electron chi connectivity index (χ2n) is 5.99. The fourth-order valence-corrected chi connectivity index (χ4v) is 3.36. The number of aromatic nitrogens is 2. The summed E-state index contributed by atoms with van der Waals surface area (Å²) in [6.07, 6.45) is 6.83. The first kappa shape index (κ1) is 13.1. The van der Waals surface area contributed by atoms with E-state index in [4.69, 9.17) is 4.74 Å². The van der Waals surface area contributed by atoms with Crippen LogP contribution in [-0.4, -0.2) is 54.6 Å². The molecular formula is C14H24N4O. The molecule has 0 bridgehead atoms. The van der Waals surface area contributed by atoms with Crippen molar-refractivity contribution in [2.75, 3.05) is 39.9 Å². The lowest BCUT2D eigenvalue weighted by atomic mass is 9.87. The van der Waals surface area contributed by atoms with E-state index in [0.29, 0.717) is 5.41 Å². The topological polar surface area (TPSA) is 42.3 Å². The van der Waals surface area contributed by atoms with Crippen LogP contribution < -0.4 is 5.32 Å². The van der Waals surface area contributed by atoms with Crippen molar-refractivity contribution in [1.82, 2.24) is 20.0 Å². The zero-order chi connectivity index (χ0) is 13.1. The lowest BCUT2D eigenvalue weighted by molar-refractivity contribution is 0.183. The minimum Gasteiger partial charge on any atom is -0.383 e. The van der Waals surface area contributed by atoms with E-state index in [-0.39, 0.29) is 0 Å². The largest absolute Gasteiger partial charge is 0.383 e. The lowest BCUT2D eigenvalue weighted by Crippen LogP contribution is -2.28. The minimum atomic E-state index is 0.562. The monoisotopic (exact) mass is 264 g/mol. The van der Waals surface area contributed by atoms with Crippen LogP contribution >= 0.6 is 0 Å². The summed E-state index contributed by atoms with van der Waals surface area (Å²) in [5.74, 6) is 0. The quantitative estimate of drug-likeness (QED) is 0.851. The van der Waals surface area contributed by atoms with Crippen LogP contribution in [0.1, 0.15) is 18.4 Å². The molecule has 0 radical (unpaired) electrons. The van der Waals surface area contributed by atoms with Gasteiger partial charge in [-0.15, -0.1) is 0 Å². The molecule has 1 atom stereocenters. The van der Waals surface area contributed by atoms with Crippen LogP contribution in [0.25, 0.3) is 0 Å². The lowest BCUT2D eigenvalue weighted by Gasteiger charge is -2.22. The molecule has 1 aromatic heterocycles. The molecule has 0 aromatic carbocycles. The predicted octanol–water partition coefficient (Wildman–Crippen LogP) is 0.715. The van der Waals surface area contributed by atoms with Gasteiger partial charge in [-0.1, -0.05) is 0 Å². The van der Waals surface area contributed by atoms with Crippen molar-refractivity contribution in [3.8, 4) is 0 Å². The number of rotatable bonds is 5.